The van der Waals surface area contributed by atoms with E-state index in [1.807, 2.05) is 12.1 Å². The molecule has 2 unspecified atom stereocenters. The van der Waals surface area contributed by atoms with Gasteiger partial charge in [0.2, 0.25) is 0 Å². The number of piperidine rings is 1. The third-order valence-corrected chi connectivity index (χ3v) is 3.38. The molecular formula is C13H17ClFN. The molecule has 0 amide bonds. The van der Waals surface area contributed by atoms with Crippen LogP contribution >= 0.6 is 11.6 Å². The number of halogens is 2. The fourth-order valence-electron chi connectivity index (χ4n) is 2.26. The summed E-state index contributed by atoms with van der Waals surface area (Å²) in [5.41, 5.74) is 0.707. The minimum Gasteiger partial charge on any atom is -0.316 e. The van der Waals surface area contributed by atoms with Gasteiger partial charge in [0.15, 0.2) is 0 Å². The Bertz CT molecular complexity index is 336. The summed E-state index contributed by atoms with van der Waals surface area (Å²) in [6, 6.07) is 7.12. The van der Waals surface area contributed by atoms with Gasteiger partial charge >= 0.3 is 0 Å². The molecule has 0 spiro atoms. The van der Waals surface area contributed by atoms with Gasteiger partial charge < -0.3 is 5.32 Å². The Morgan fingerprint density at radius 2 is 2.38 bits per heavy atom. The highest BCUT2D eigenvalue weighted by atomic mass is 35.5. The van der Waals surface area contributed by atoms with Gasteiger partial charge in [-0.1, -0.05) is 23.7 Å². The van der Waals surface area contributed by atoms with Crippen molar-refractivity contribution in [3.8, 4) is 0 Å². The molecule has 1 aliphatic heterocycles. The maximum absolute atomic E-state index is 14.0. The Kier molecular flexibility index (Phi) is 4.19. The predicted octanol–water partition coefficient (Wildman–Crippen LogP) is 3.74. The SMILES string of the molecule is FC(CC1CCCNC1)c1cccc(Cl)c1. The minimum atomic E-state index is -0.886. The van der Waals surface area contributed by atoms with Gasteiger partial charge in [0.1, 0.15) is 6.17 Å². The summed E-state index contributed by atoms with van der Waals surface area (Å²) in [6.45, 7) is 2.02. The van der Waals surface area contributed by atoms with Crippen LogP contribution in [-0.4, -0.2) is 13.1 Å². The highest BCUT2D eigenvalue weighted by Crippen LogP contribution is 2.29. The molecule has 0 saturated carbocycles. The van der Waals surface area contributed by atoms with Gasteiger partial charge in [0, 0.05) is 5.02 Å². The van der Waals surface area contributed by atoms with E-state index in [0.717, 1.165) is 25.9 Å². The number of hydrogen-bond donors (Lipinski definition) is 1. The highest BCUT2D eigenvalue weighted by Gasteiger charge is 2.19. The second-order valence-electron chi connectivity index (χ2n) is 4.47. The predicted molar refractivity (Wildman–Crippen MR) is 65.5 cm³/mol. The molecule has 0 aliphatic carbocycles. The van der Waals surface area contributed by atoms with Crippen LogP contribution in [0.5, 0.6) is 0 Å². The Labute approximate surface area is 101 Å². The molecule has 1 aromatic carbocycles. The first-order valence-corrected chi connectivity index (χ1v) is 6.24. The van der Waals surface area contributed by atoms with Crippen LogP contribution in [-0.2, 0) is 0 Å². The van der Waals surface area contributed by atoms with Crippen LogP contribution < -0.4 is 5.32 Å². The van der Waals surface area contributed by atoms with E-state index >= 15 is 0 Å². The van der Waals surface area contributed by atoms with Crippen molar-refractivity contribution in [3.63, 3.8) is 0 Å². The monoisotopic (exact) mass is 241 g/mol. The molecule has 0 bridgehead atoms. The lowest BCUT2D eigenvalue weighted by Crippen LogP contribution is -2.30. The number of alkyl halides is 1. The zero-order chi connectivity index (χ0) is 11.4. The molecule has 1 nitrogen and oxygen atoms in total. The van der Waals surface area contributed by atoms with Gasteiger partial charge in [0.05, 0.1) is 0 Å². The van der Waals surface area contributed by atoms with Crippen molar-refractivity contribution in [2.45, 2.75) is 25.4 Å². The number of nitrogens with one attached hydrogen (secondary N) is 1. The molecular weight excluding hydrogens is 225 g/mol. The number of hydrogen-bond acceptors (Lipinski definition) is 1. The molecule has 1 fully saturated rings. The molecule has 2 rings (SSSR count). The first-order valence-electron chi connectivity index (χ1n) is 5.86. The van der Waals surface area contributed by atoms with Crippen LogP contribution in [0.25, 0.3) is 0 Å². The molecule has 1 heterocycles. The van der Waals surface area contributed by atoms with E-state index in [9.17, 15) is 4.39 Å². The fourth-order valence-corrected chi connectivity index (χ4v) is 2.45. The van der Waals surface area contributed by atoms with Crippen molar-refractivity contribution in [1.29, 1.82) is 0 Å². The zero-order valence-corrected chi connectivity index (χ0v) is 10.0. The molecule has 1 N–H and O–H groups in total. The Hall–Kier alpha value is -0.600. The first kappa shape index (κ1) is 11.9. The third-order valence-electron chi connectivity index (χ3n) is 3.15. The summed E-state index contributed by atoms with van der Waals surface area (Å²) in [5, 5.41) is 3.92. The zero-order valence-electron chi connectivity index (χ0n) is 9.26. The van der Waals surface area contributed by atoms with Crippen LogP contribution in [0.4, 0.5) is 4.39 Å². The second kappa shape index (κ2) is 5.65. The minimum absolute atomic E-state index is 0.461. The van der Waals surface area contributed by atoms with E-state index in [2.05, 4.69) is 5.32 Å². The fraction of sp³-hybridized carbons (Fsp3) is 0.538. The maximum atomic E-state index is 14.0. The molecule has 1 aliphatic rings. The summed E-state index contributed by atoms with van der Waals surface area (Å²) in [5.74, 6) is 0.461. The Morgan fingerprint density at radius 3 is 3.06 bits per heavy atom. The van der Waals surface area contributed by atoms with E-state index in [1.54, 1.807) is 12.1 Å². The van der Waals surface area contributed by atoms with E-state index < -0.39 is 6.17 Å². The average molecular weight is 242 g/mol. The van der Waals surface area contributed by atoms with E-state index in [4.69, 9.17) is 11.6 Å². The molecule has 88 valence electrons. The smallest absolute Gasteiger partial charge is 0.125 e. The topological polar surface area (TPSA) is 12.0 Å². The largest absolute Gasteiger partial charge is 0.316 e. The van der Waals surface area contributed by atoms with E-state index in [0.29, 0.717) is 22.9 Å². The Balaban J connectivity index is 1.94. The highest BCUT2D eigenvalue weighted by molar-refractivity contribution is 6.30. The van der Waals surface area contributed by atoms with Crippen molar-refractivity contribution >= 4 is 11.6 Å². The number of rotatable bonds is 3. The third kappa shape index (κ3) is 3.19. The first-order chi connectivity index (χ1) is 7.75. The van der Waals surface area contributed by atoms with Crippen molar-refractivity contribution < 1.29 is 4.39 Å². The molecule has 1 aromatic rings. The summed E-state index contributed by atoms with van der Waals surface area (Å²) in [7, 11) is 0. The van der Waals surface area contributed by atoms with Crippen molar-refractivity contribution in [2.75, 3.05) is 13.1 Å². The maximum Gasteiger partial charge on any atom is 0.125 e. The van der Waals surface area contributed by atoms with Gasteiger partial charge in [0.25, 0.3) is 0 Å². The van der Waals surface area contributed by atoms with Gasteiger partial charge in [-0.25, -0.2) is 4.39 Å². The average Bonchev–Trinajstić information content (AvgIpc) is 2.30. The summed E-state index contributed by atoms with van der Waals surface area (Å²) in [4.78, 5) is 0. The second-order valence-corrected chi connectivity index (χ2v) is 4.91. The van der Waals surface area contributed by atoms with Crippen LogP contribution in [0.2, 0.25) is 5.02 Å². The lowest BCUT2D eigenvalue weighted by molar-refractivity contribution is 0.243. The number of benzene rings is 1. The Morgan fingerprint density at radius 1 is 1.50 bits per heavy atom. The quantitative estimate of drug-likeness (QED) is 0.850. The van der Waals surface area contributed by atoms with Gasteiger partial charge in [-0.05, 0) is 56.0 Å². The van der Waals surface area contributed by atoms with Crippen molar-refractivity contribution in [1.82, 2.24) is 5.32 Å². The molecule has 2 atom stereocenters. The van der Waals surface area contributed by atoms with Crippen LogP contribution in [0.1, 0.15) is 31.0 Å². The molecule has 0 radical (unpaired) electrons. The lowest BCUT2D eigenvalue weighted by atomic mass is 9.92. The van der Waals surface area contributed by atoms with Crippen molar-refractivity contribution in [3.05, 3.63) is 34.9 Å². The molecule has 1 saturated heterocycles. The van der Waals surface area contributed by atoms with Gasteiger partial charge in [-0.2, -0.15) is 0 Å². The van der Waals surface area contributed by atoms with E-state index in [-0.39, 0.29) is 0 Å². The summed E-state index contributed by atoms with van der Waals surface area (Å²) < 4.78 is 14.0. The lowest BCUT2D eigenvalue weighted by Gasteiger charge is -2.24. The molecule has 3 heteroatoms. The van der Waals surface area contributed by atoms with Crippen LogP contribution in [0.15, 0.2) is 24.3 Å². The molecule has 0 aromatic heterocycles. The van der Waals surface area contributed by atoms with Crippen LogP contribution in [0.3, 0.4) is 0 Å². The summed E-state index contributed by atoms with van der Waals surface area (Å²) >= 11 is 5.85. The van der Waals surface area contributed by atoms with Crippen LogP contribution in [0, 0.1) is 5.92 Å². The normalized spacial score (nSPS) is 23.0. The standard InChI is InChI=1S/C13H17ClFN/c14-12-5-1-4-11(8-12)13(15)7-10-3-2-6-16-9-10/h1,4-5,8,10,13,16H,2-3,6-7,9H2. The summed E-state index contributed by atoms with van der Waals surface area (Å²) in [6.07, 6.45) is 2.01. The van der Waals surface area contributed by atoms with E-state index in [1.165, 1.54) is 0 Å². The molecule has 16 heavy (non-hydrogen) atoms. The van der Waals surface area contributed by atoms with Gasteiger partial charge in [-0.3, -0.25) is 0 Å². The van der Waals surface area contributed by atoms with Crippen molar-refractivity contribution in [2.24, 2.45) is 5.92 Å². The van der Waals surface area contributed by atoms with Gasteiger partial charge in [-0.15, -0.1) is 0 Å².